The van der Waals surface area contributed by atoms with Crippen molar-refractivity contribution in [3.8, 4) is 0 Å². The van der Waals surface area contributed by atoms with Crippen LogP contribution in [0, 0.1) is 12.8 Å². The van der Waals surface area contributed by atoms with Crippen LogP contribution in [0.15, 0.2) is 6.20 Å². The molecule has 2 aliphatic heterocycles. The van der Waals surface area contributed by atoms with Crippen LogP contribution in [0.25, 0.3) is 0 Å². The van der Waals surface area contributed by atoms with Crippen molar-refractivity contribution < 1.29 is 19.1 Å². The van der Waals surface area contributed by atoms with Crippen molar-refractivity contribution in [1.82, 2.24) is 14.7 Å². The Morgan fingerprint density at radius 1 is 1.24 bits per heavy atom. The zero-order valence-electron chi connectivity index (χ0n) is 15.6. The Hall–Kier alpha value is -1.89. The third-order valence-electron chi connectivity index (χ3n) is 4.77. The molecule has 0 aromatic carbocycles. The second-order valence-corrected chi connectivity index (χ2v) is 8.07. The Morgan fingerprint density at radius 3 is 2.32 bits per heavy atom. The molecule has 0 saturated carbocycles. The zero-order chi connectivity index (χ0) is 18.4. The number of nitrogens with zero attached hydrogens (tertiary/aromatic N) is 3. The van der Waals surface area contributed by atoms with Gasteiger partial charge < -0.3 is 9.47 Å². The number of amides is 1. The summed E-state index contributed by atoms with van der Waals surface area (Å²) in [6, 6.07) is -0.235. The summed E-state index contributed by atoms with van der Waals surface area (Å²) < 4.78 is 12.8. The molecule has 0 radical (unpaired) electrons. The summed E-state index contributed by atoms with van der Waals surface area (Å²) in [6.07, 6.45) is 2.67. The van der Waals surface area contributed by atoms with Crippen LogP contribution in [0.2, 0.25) is 0 Å². The molecule has 2 unspecified atom stereocenters. The number of fused-ring (bicyclic) bond motifs is 2. The number of aromatic nitrogens is 2. The zero-order valence-corrected chi connectivity index (χ0v) is 15.6. The molecule has 3 rings (SSSR count). The lowest BCUT2D eigenvalue weighted by molar-refractivity contribution is -0.0861. The van der Waals surface area contributed by atoms with Gasteiger partial charge in [0.2, 0.25) is 0 Å². The second-order valence-electron chi connectivity index (χ2n) is 8.07. The van der Waals surface area contributed by atoms with E-state index >= 15 is 0 Å². The highest BCUT2D eigenvalue weighted by Gasteiger charge is 2.45. The van der Waals surface area contributed by atoms with Crippen LogP contribution in [0.3, 0.4) is 0 Å². The van der Waals surface area contributed by atoms with E-state index in [-0.39, 0.29) is 29.9 Å². The van der Waals surface area contributed by atoms with E-state index in [2.05, 4.69) is 5.10 Å². The molecule has 1 amide bonds. The molecule has 3 heterocycles. The summed E-state index contributed by atoms with van der Waals surface area (Å²) in [5, 5.41) is 4.27. The van der Waals surface area contributed by atoms with E-state index < -0.39 is 5.60 Å². The summed E-state index contributed by atoms with van der Waals surface area (Å²) in [7, 11) is 1.82. The highest BCUT2D eigenvalue weighted by molar-refractivity contribution is 5.98. The van der Waals surface area contributed by atoms with E-state index in [0.29, 0.717) is 31.6 Å². The molecule has 2 fully saturated rings. The molecule has 2 saturated heterocycles. The van der Waals surface area contributed by atoms with Gasteiger partial charge in [0.05, 0.1) is 36.6 Å². The van der Waals surface area contributed by atoms with Crippen LogP contribution in [0.5, 0.6) is 0 Å². The number of aryl methyl sites for hydroxylation is 2. The molecule has 25 heavy (non-hydrogen) atoms. The molecule has 2 atom stereocenters. The van der Waals surface area contributed by atoms with Crippen molar-refractivity contribution in [3.63, 3.8) is 0 Å². The predicted octanol–water partition coefficient (Wildman–Crippen LogP) is 2.33. The largest absolute Gasteiger partial charge is 0.444 e. The molecule has 0 spiro atoms. The number of carbonyl (C=O) groups excluding carboxylic acids is 2. The lowest BCUT2D eigenvalue weighted by Crippen LogP contribution is -2.60. The lowest BCUT2D eigenvalue weighted by Gasteiger charge is -2.47. The molecular formula is C18H27N3O4. The summed E-state index contributed by atoms with van der Waals surface area (Å²) in [4.78, 5) is 27.3. The van der Waals surface area contributed by atoms with Gasteiger partial charge in [-0.25, -0.2) is 4.79 Å². The summed E-state index contributed by atoms with van der Waals surface area (Å²) >= 11 is 0. The molecule has 0 N–H and O–H groups in total. The smallest absolute Gasteiger partial charge is 0.410 e. The van der Waals surface area contributed by atoms with Crippen molar-refractivity contribution in [1.29, 1.82) is 0 Å². The molecule has 1 aromatic rings. The molecule has 2 bridgehead atoms. The van der Waals surface area contributed by atoms with E-state index in [9.17, 15) is 9.59 Å². The van der Waals surface area contributed by atoms with Crippen molar-refractivity contribution in [3.05, 3.63) is 17.5 Å². The van der Waals surface area contributed by atoms with Crippen LogP contribution in [0.4, 0.5) is 4.79 Å². The minimum Gasteiger partial charge on any atom is -0.444 e. The van der Waals surface area contributed by atoms with Crippen molar-refractivity contribution in [2.45, 2.75) is 58.2 Å². The van der Waals surface area contributed by atoms with E-state index in [1.807, 2.05) is 34.7 Å². The fourth-order valence-electron chi connectivity index (χ4n) is 3.80. The molecule has 1 aromatic heterocycles. The van der Waals surface area contributed by atoms with Crippen LogP contribution in [-0.2, 0) is 16.5 Å². The lowest BCUT2D eigenvalue weighted by atomic mass is 9.81. The van der Waals surface area contributed by atoms with Gasteiger partial charge in [0.15, 0.2) is 5.78 Å². The Balaban J connectivity index is 1.76. The third-order valence-corrected chi connectivity index (χ3v) is 4.77. The monoisotopic (exact) mass is 349 g/mol. The minimum absolute atomic E-state index is 0.111. The molecule has 2 aliphatic rings. The van der Waals surface area contributed by atoms with Gasteiger partial charge >= 0.3 is 6.09 Å². The molecule has 138 valence electrons. The third kappa shape index (κ3) is 3.71. The van der Waals surface area contributed by atoms with Gasteiger partial charge in [-0.05, 0) is 40.5 Å². The standard InChI is InChI=1S/C18H27N3O4/c1-11-15(8-20(5)19-11)16(22)12-6-13-9-24-10-14(7-12)21(13)17(23)25-18(2,3)4/h8,12-14H,6-7,9-10H2,1-5H3. The number of piperidine rings is 1. The number of rotatable bonds is 2. The Bertz CT molecular complexity index is 662. The van der Waals surface area contributed by atoms with Gasteiger partial charge in [0, 0.05) is 19.2 Å². The molecule has 7 nitrogen and oxygen atoms in total. The van der Waals surface area contributed by atoms with E-state index in [1.54, 1.807) is 15.8 Å². The quantitative estimate of drug-likeness (QED) is 0.766. The van der Waals surface area contributed by atoms with Crippen LogP contribution < -0.4 is 0 Å². The number of ketones is 1. The van der Waals surface area contributed by atoms with E-state index in [1.165, 1.54) is 0 Å². The highest BCUT2D eigenvalue weighted by Crippen LogP contribution is 2.35. The summed E-state index contributed by atoms with van der Waals surface area (Å²) in [5.41, 5.74) is 0.895. The maximum absolute atomic E-state index is 12.9. The van der Waals surface area contributed by atoms with E-state index in [4.69, 9.17) is 9.47 Å². The van der Waals surface area contributed by atoms with Gasteiger partial charge in [0.1, 0.15) is 5.60 Å². The van der Waals surface area contributed by atoms with Gasteiger partial charge in [-0.2, -0.15) is 5.10 Å². The minimum atomic E-state index is -0.536. The van der Waals surface area contributed by atoms with E-state index in [0.717, 1.165) is 5.69 Å². The number of Topliss-reactive ketones (excluding diaryl/α,β-unsaturated/α-hetero) is 1. The van der Waals surface area contributed by atoms with Gasteiger partial charge in [-0.1, -0.05) is 0 Å². The highest BCUT2D eigenvalue weighted by atomic mass is 16.6. The van der Waals surface area contributed by atoms with Crippen molar-refractivity contribution in [2.24, 2.45) is 13.0 Å². The van der Waals surface area contributed by atoms with Crippen LogP contribution in [0.1, 0.15) is 49.7 Å². The molecular weight excluding hydrogens is 322 g/mol. The van der Waals surface area contributed by atoms with Crippen molar-refractivity contribution in [2.75, 3.05) is 13.2 Å². The maximum atomic E-state index is 12.9. The first-order valence-electron chi connectivity index (χ1n) is 8.79. The Labute approximate surface area is 148 Å². The maximum Gasteiger partial charge on any atom is 0.410 e. The first kappa shape index (κ1) is 17.9. The topological polar surface area (TPSA) is 73.7 Å². The first-order valence-corrected chi connectivity index (χ1v) is 8.79. The number of hydrogen-bond acceptors (Lipinski definition) is 5. The predicted molar refractivity (Wildman–Crippen MR) is 91.5 cm³/mol. The fourth-order valence-corrected chi connectivity index (χ4v) is 3.80. The fraction of sp³-hybridized carbons (Fsp3) is 0.722. The second kappa shape index (κ2) is 6.44. The van der Waals surface area contributed by atoms with Gasteiger partial charge in [-0.3, -0.25) is 14.4 Å². The van der Waals surface area contributed by atoms with Crippen LogP contribution >= 0.6 is 0 Å². The number of ether oxygens (including phenoxy) is 2. The average Bonchev–Trinajstić information content (AvgIpc) is 2.82. The van der Waals surface area contributed by atoms with Gasteiger partial charge in [-0.15, -0.1) is 0 Å². The number of carbonyl (C=O) groups is 2. The van der Waals surface area contributed by atoms with Crippen LogP contribution in [-0.4, -0.2) is 57.5 Å². The normalized spacial score (nSPS) is 26.4. The number of hydrogen-bond donors (Lipinski definition) is 0. The number of morpholine rings is 1. The first-order chi connectivity index (χ1) is 11.7. The van der Waals surface area contributed by atoms with Crippen molar-refractivity contribution >= 4 is 11.9 Å². The summed E-state index contributed by atoms with van der Waals surface area (Å²) in [5.74, 6) is 0.00632. The Kier molecular flexibility index (Phi) is 4.62. The van der Waals surface area contributed by atoms with Gasteiger partial charge in [0.25, 0.3) is 0 Å². The Morgan fingerprint density at radius 2 is 1.84 bits per heavy atom. The average molecular weight is 349 g/mol. The SMILES string of the molecule is Cc1nn(C)cc1C(=O)C1CC2COCC(C1)N2C(=O)OC(C)(C)C. The summed E-state index contributed by atoms with van der Waals surface area (Å²) in [6.45, 7) is 8.33. The molecule has 7 heteroatoms. The molecule has 0 aliphatic carbocycles.